The Labute approximate surface area is 129 Å². The third-order valence-electron chi connectivity index (χ3n) is 4.04. The Morgan fingerprint density at radius 2 is 1.90 bits per heavy atom. The van der Waals surface area contributed by atoms with Crippen LogP contribution in [0.15, 0.2) is 29.3 Å². The van der Waals surface area contributed by atoms with Crippen molar-refractivity contribution >= 4 is 28.5 Å². The van der Waals surface area contributed by atoms with Crippen molar-refractivity contribution < 1.29 is 9.53 Å². The van der Waals surface area contributed by atoms with E-state index in [1.165, 1.54) is 19.3 Å². The van der Waals surface area contributed by atoms with E-state index in [4.69, 9.17) is 4.74 Å². The van der Waals surface area contributed by atoms with E-state index in [9.17, 15) is 4.79 Å². The SMILES string of the molecule is COc1ccc(N=C2SCC(=O)N2C2CCCCC2)cc1. The number of hydrogen-bond acceptors (Lipinski definition) is 4. The minimum absolute atomic E-state index is 0.208. The van der Waals surface area contributed by atoms with Gasteiger partial charge < -0.3 is 4.74 Å². The predicted octanol–water partition coefficient (Wildman–Crippen LogP) is 3.59. The zero-order chi connectivity index (χ0) is 14.7. The van der Waals surface area contributed by atoms with Gasteiger partial charge in [-0.15, -0.1) is 0 Å². The van der Waals surface area contributed by atoms with Crippen LogP contribution in [0.3, 0.4) is 0 Å². The van der Waals surface area contributed by atoms with E-state index in [2.05, 4.69) is 4.99 Å². The van der Waals surface area contributed by atoms with Crippen LogP contribution in [-0.2, 0) is 4.79 Å². The Kier molecular flexibility index (Phi) is 4.48. The van der Waals surface area contributed by atoms with Crippen molar-refractivity contribution in [2.75, 3.05) is 12.9 Å². The number of amides is 1. The van der Waals surface area contributed by atoms with E-state index >= 15 is 0 Å². The maximum absolute atomic E-state index is 12.2. The molecule has 1 heterocycles. The first-order chi connectivity index (χ1) is 10.3. The molecule has 0 radical (unpaired) electrons. The number of aliphatic imine (C=N–C) groups is 1. The molecule has 1 amide bonds. The van der Waals surface area contributed by atoms with E-state index in [0.29, 0.717) is 11.8 Å². The van der Waals surface area contributed by atoms with E-state index in [1.807, 2.05) is 29.2 Å². The highest BCUT2D eigenvalue weighted by molar-refractivity contribution is 8.15. The number of thioether (sulfide) groups is 1. The lowest BCUT2D eigenvalue weighted by Gasteiger charge is -2.30. The van der Waals surface area contributed by atoms with Gasteiger partial charge in [0.25, 0.3) is 0 Å². The fourth-order valence-corrected chi connectivity index (χ4v) is 3.88. The molecule has 0 bridgehead atoms. The van der Waals surface area contributed by atoms with Crippen LogP contribution in [-0.4, -0.2) is 34.9 Å². The zero-order valence-corrected chi connectivity index (χ0v) is 13.1. The second-order valence-electron chi connectivity index (χ2n) is 5.44. The smallest absolute Gasteiger partial charge is 0.239 e. The maximum Gasteiger partial charge on any atom is 0.239 e. The molecule has 4 nitrogen and oxygen atoms in total. The van der Waals surface area contributed by atoms with Gasteiger partial charge in [0.15, 0.2) is 5.17 Å². The summed E-state index contributed by atoms with van der Waals surface area (Å²) in [7, 11) is 1.65. The summed E-state index contributed by atoms with van der Waals surface area (Å²) in [5.41, 5.74) is 0.869. The Balaban J connectivity index is 1.81. The normalized spacial score (nSPS) is 22.0. The Bertz CT molecular complexity index is 536. The van der Waals surface area contributed by atoms with Gasteiger partial charge in [-0.2, -0.15) is 0 Å². The zero-order valence-electron chi connectivity index (χ0n) is 12.2. The minimum atomic E-state index is 0.208. The van der Waals surface area contributed by atoms with Gasteiger partial charge in [-0.25, -0.2) is 4.99 Å². The van der Waals surface area contributed by atoms with Crippen LogP contribution in [0.5, 0.6) is 5.75 Å². The largest absolute Gasteiger partial charge is 0.497 e. The summed E-state index contributed by atoms with van der Waals surface area (Å²) in [5, 5.41) is 0.858. The van der Waals surface area contributed by atoms with Crippen LogP contribution >= 0.6 is 11.8 Å². The Morgan fingerprint density at radius 1 is 1.19 bits per heavy atom. The molecule has 0 spiro atoms. The molecule has 112 valence electrons. The molecule has 0 atom stereocenters. The molecule has 1 aromatic carbocycles. The molecular weight excluding hydrogens is 284 g/mol. The summed E-state index contributed by atoms with van der Waals surface area (Å²) in [6, 6.07) is 7.98. The van der Waals surface area contributed by atoms with Crippen LogP contribution in [0, 0.1) is 0 Å². The van der Waals surface area contributed by atoms with Crippen molar-refractivity contribution in [2.24, 2.45) is 4.99 Å². The maximum atomic E-state index is 12.2. The van der Waals surface area contributed by atoms with Gasteiger partial charge in [0.05, 0.1) is 18.6 Å². The molecule has 2 fully saturated rings. The molecular formula is C16H20N2O2S. The first-order valence-electron chi connectivity index (χ1n) is 7.45. The Hall–Kier alpha value is -1.49. The number of nitrogens with zero attached hydrogens (tertiary/aromatic N) is 2. The lowest BCUT2D eigenvalue weighted by molar-refractivity contribution is -0.126. The average Bonchev–Trinajstić information content (AvgIpc) is 2.89. The summed E-state index contributed by atoms with van der Waals surface area (Å²) >= 11 is 1.55. The molecule has 0 N–H and O–H groups in total. The lowest BCUT2D eigenvalue weighted by atomic mass is 9.94. The number of rotatable bonds is 3. The van der Waals surface area contributed by atoms with E-state index in [1.54, 1.807) is 18.9 Å². The number of ether oxygens (including phenoxy) is 1. The highest BCUT2D eigenvalue weighted by Gasteiger charge is 2.34. The summed E-state index contributed by atoms with van der Waals surface area (Å²) < 4.78 is 5.15. The second kappa shape index (κ2) is 6.52. The molecule has 1 saturated heterocycles. The summed E-state index contributed by atoms with van der Waals surface area (Å²) in [6.45, 7) is 0. The van der Waals surface area contributed by atoms with Gasteiger partial charge in [-0.05, 0) is 37.1 Å². The molecule has 21 heavy (non-hydrogen) atoms. The first kappa shape index (κ1) is 14.4. The third kappa shape index (κ3) is 3.23. The van der Waals surface area contributed by atoms with Gasteiger partial charge in [0.2, 0.25) is 5.91 Å². The quantitative estimate of drug-likeness (QED) is 0.857. The van der Waals surface area contributed by atoms with Crippen molar-refractivity contribution in [1.29, 1.82) is 0 Å². The average molecular weight is 304 g/mol. The third-order valence-corrected chi connectivity index (χ3v) is 4.97. The summed E-state index contributed by atoms with van der Waals surface area (Å²) in [5.74, 6) is 1.54. The molecule has 3 rings (SSSR count). The van der Waals surface area contributed by atoms with Gasteiger partial charge >= 0.3 is 0 Å². The van der Waals surface area contributed by atoms with Gasteiger partial charge in [-0.1, -0.05) is 31.0 Å². The van der Waals surface area contributed by atoms with Crippen LogP contribution < -0.4 is 4.74 Å². The molecule has 1 aliphatic heterocycles. The molecule has 1 aliphatic carbocycles. The van der Waals surface area contributed by atoms with Crippen molar-refractivity contribution in [3.8, 4) is 5.75 Å². The Morgan fingerprint density at radius 3 is 2.57 bits per heavy atom. The van der Waals surface area contributed by atoms with Crippen molar-refractivity contribution in [2.45, 2.75) is 38.1 Å². The number of carbonyl (C=O) groups excluding carboxylic acids is 1. The fourth-order valence-electron chi connectivity index (χ4n) is 2.92. The molecule has 1 saturated carbocycles. The van der Waals surface area contributed by atoms with Crippen molar-refractivity contribution in [1.82, 2.24) is 4.90 Å². The molecule has 0 unspecified atom stereocenters. The number of benzene rings is 1. The number of methoxy groups -OCH3 is 1. The standard InChI is InChI=1S/C16H20N2O2S/c1-20-14-9-7-12(8-10-14)17-16-18(15(19)11-21-16)13-5-3-2-4-6-13/h7-10,13H,2-6,11H2,1H3. The monoisotopic (exact) mass is 304 g/mol. The molecule has 2 aliphatic rings. The number of amidine groups is 1. The lowest BCUT2D eigenvalue weighted by Crippen LogP contribution is -2.40. The number of carbonyl (C=O) groups is 1. The van der Waals surface area contributed by atoms with Crippen LogP contribution in [0.25, 0.3) is 0 Å². The van der Waals surface area contributed by atoms with Gasteiger partial charge in [0, 0.05) is 6.04 Å². The van der Waals surface area contributed by atoms with Gasteiger partial charge in [0.1, 0.15) is 5.75 Å². The first-order valence-corrected chi connectivity index (χ1v) is 8.44. The summed E-state index contributed by atoms with van der Waals surface area (Å²) in [6.07, 6.45) is 5.93. The van der Waals surface area contributed by atoms with E-state index in [0.717, 1.165) is 29.4 Å². The topological polar surface area (TPSA) is 41.9 Å². The van der Waals surface area contributed by atoms with E-state index < -0.39 is 0 Å². The minimum Gasteiger partial charge on any atom is -0.497 e. The fraction of sp³-hybridized carbons (Fsp3) is 0.500. The van der Waals surface area contributed by atoms with Crippen LogP contribution in [0.2, 0.25) is 0 Å². The highest BCUT2D eigenvalue weighted by Crippen LogP contribution is 2.31. The van der Waals surface area contributed by atoms with Crippen LogP contribution in [0.1, 0.15) is 32.1 Å². The van der Waals surface area contributed by atoms with Crippen molar-refractivity contribution in [3.63, 3.8) is 0 Å². The van der Waals surface area contributed by atoms with Gasteiger partial charge in [-0.3, -0.25) is 9.69 Å². The van der Waals surface area contributed by atoms with Crippen molar-refractivity contribution in [3.05, 3.63) is 24.3 Å². The second-order valence-corrected chi connectivity index (χ2v) is 6.38. The number of hydrogen-bond donors (Lipinski definition) is 0. The molecule has 5 heteroatoms. The molecule has 0 aromatic heterocycles. The highest BCUT2D eigenvalue weighted by atomic mass is 32.2. The van der Waals surface area contributed by atoms with E-state index in [-0.39, 0.29) is 5.91 Å². The summed E-state index contributed by atoms with van der Waals surface area (Å²) in [4.78, 5) is 18.8. The predicted molar refractivity (Wildman–Crippen MR) is 86.3 cm³/mol. The molecule has 1 aromatic rings. The van der Waals surface area contributed by atoms with Crippen LogP contribution in [0.4, 0.5) is 5.69 Å².